The Bertz CT molecular complexity index is 795. The van der Waals surface area contributed by atoms with Gasteiger partial charge in [-0.2, -0.15) is 0 Å². The molecule has 2 aliphatic heterocycles. The van der Waals surface area contributed by atoms with Crippen molar-refractivity contribution >= 4 is 5.91 Å². The molecule has 2 atom stereocenters. The van der Waals surface area contributed by atoms with Gasteiger partial charge in [0.25, 0.3) is 5.91 Å². The van der Waals surface area contributed by atoms with Crippen molar-refractivity contribution in [2.45, 2.75) is 19.1 Å². The summed E-state index contributed by atoms with van der Waals surface area (Å²) < 4.78 is 11.6. The average Bonchev–Trinajstić information content (AvgIpc) is 2.74. The van der Waals surface area contributed by atoms with E-state index in [0.29, 0.717) is 18.8 Å². The van der Waals surface area contributed by atoms with E-state index in [0.717, 1.165) is 44.1 Å². The van der Waals surface area contributed by atoms with Crippen molar-refractivity contribution in [3.8, 4) is 0 Å². The molecule has 148 valence electrons. The second-order valence-electron chi connectivity index (χ2n) is 7.22. The lowest BCUT2D eigenvalue weighted by atomic mass is 9.98. The first-order valence-corrected chi connectivity index (χ1v) is 9.78. The van der Waals surface area contributed by atoms with Crippen LogP contribution in [0.15, 0.2) is 42.7 Å². The number of carbonyl (C=O) groups excluding carboxylic acids is 1. The molecule has 2 aliphatic rings. The van der Waals surface area contributed by atoms with Crippen LogP contribution >= 0.6 is 0 Å². The van der Waals surface area contributed by atoms with E-state index in [9.17, 15) is 4.79 Å². The summed E-state index contributed by atoms with van der Waals surface area (Å²) in [7, 11) is 0. The van der Waals surface area contributed by atoms with Crippen molar-refractivity contribution in [3.05, 3.63) is 59.7 Å². The van der Waals surface area contributed by atoms with Gasteiger partial charge in [0.15, 0.2) is 0 Å². The fraction of sp³-hybridized carbons (Fsp3) is 0.476. The fourth-order valence-electron chi connectivity index (χ4n) is 3.91. The Morgan fingerprint density at radius 2 is 2.00 bits per heavy atom. The van der Waals surface area contributed by atoms with E-state index >= 15 is 0 Å². The van der Waals surface area contributed by atoms with Gasteiger partial charge in [-0.25, -0.2) is 4.98 Å². The van der Waals surface area contributed by atoms with Crippen LogP contribution < -0.4 is 0 Å². The van der Waals surface area contributed by atoms with E-state index in [2.05, 4.69) is 14.9 Å². The van der Waals surface area contributed by atoms with E-state index in [1.807, 2.05) is 42.3 Å². The summed E-state index contributed by atoms with van der Waals surface area (Å²) in [6, 6.07) is 9.28. The summed E-state index contributed by atoms with van der Waals surface area (Å²) in [4.78, 5) is 26.3. The van der Waals surface area contributed by atoms with Gasteiger partial charge >= 0.3 is 0 Å². The number of pyridine rings is 2. The highest BCUT2D eigenvalue weighted by molar-refractivity contribution is 5.92. The monoisotopic (exact) mass is 382 g/mol. The highest BCUT2D eigenvalue weighted by Crippen LogP contribution is 2.31. The molecule has 2 fully saturated rings. The summed E-state index contributed by atoms with van der Waals surface area (Å²) in [6.07, 6.45) is 3.46. The number of morpholine rings is 2. The molecule has 0 N–H and O–H groups in total. The Kier molecular flexibility index (Phi) is 5.95. The van der Waals surface area contributed by atoms with Crippen molar-refractivity contribution < 1.29 is 14.3 Å². The Labute approximate surface area is 165 Å². The third-order valence-electron chi connectivity index (χ3n) is 5.29. The second-order valence-corrected chi connectivity index (χ2v) is 7.22. The van der Waals surface area contributed by atoms with Crippen molar-refractivity contribution in [2.24, 2.45) is 0 Å². The zero-order chi connectivity index (χ0) is 19.3. The molecule has 0 radical (unpaired) electrons. The first-order valence-electron chi connectivity index (χ1n) is 9.78. The lowest BCUT2D eigenvalue weighted by Crippen LogP contribution is -2.53. The van der Waals surface area contributed by atoms with E-state index in [1.54, 1.807) is 12.3 Å². The molecule has 0 saturated carbocycles. The van der Waals surface area contributed by atoms with E-state index < -0.39 is 0 Å². The molecule has 7 heteroatoms. The fourth-order valence-corrected chi connectivity index (χ4v) is 3.91. The number of amides is 1. The lowest BCUT2D eigenvalue weighted by molar-refractivity contribution is -0.0820. The van der Waals surface area contributed by atoms with Crippen LogP contribution in [0, 0.1) is 6.92 Å². The van der Waals surface area contributed by atoms with Crippen LogP contribution in [-0.2, 0) is 9.47 Å². The average molecular weight is 382 g/mol. The molecular formula is C21H26N4O3. The molecule has 0 unspecified atom stereocenters. The van der Waals surface area contributed by atoms with Crippen LogP contribution in [0.3, 0.4) is 0 Å². The third kappa shape index (κ3) is 4.22. The van der Waals surface area contributed by atoms with E-state index in [-0.39, 0.29) is 18.1 Å². The van der Waals surface area contributed by atoms with Gasteiger partial charge in [0, 0.05) is 44.3 Å². The quantitative estimate of drug-likeness (QED) is 0.802. The molecule has 2 aromatic rings. The largest absolute Gasteiger partial charge is 0.379 e. The number of rotatable bonds is 4. The number of ether oxygens (including phenoxy) is 2. The number of hydrogen-bond donors (Lipinski definition) is 0. The molecule has 28 heavy (non-hydrogen) atoms. The normalized spacial score (nSPS) is 23.5. The third-order valence-corrected chi connectivity index (χ3v) is 5.29. The van der Waals surface area contributed by atoms with Crippen molar-refractivity contribution in [1.29, 1.82) is 0 Å². The predicted octanol–water partition coefficient (Wildman–Crippen LogP) is 1.70. The van der Waals surface area contributed by atoms with Crippen LogP contribution in [0.2, 0.25) is 0 Å². The Morgan fingerprint density at radius 1 is 1.14 bits per heavy atom. The lowest BCUT2D eigenvalue weighted by Gasteiger charge is -2.43. The van der Waals surface area contributed by atoms with Gasteiger partial charge in [-0.05, 0) is 30.7 Å². The maximum Gasteiger partial charge on any atom is 0.273 e. The Hall–Kier alpha value is -2.35. The van der Waals surface area contributed by atoms with Crippen molar-refractivity contribution in [2.75, 3.05) is 46.0 Å². The van der Waals surface area contributed by atoms with Gasteiger partial charge < -0.3 is 14.4 Å². The molecule has 1 amide bonds. The van der Waals surface area contributed by atoms with Crippen LogP contribution in [0.4, 0.5) is 0 Å². The molecule has 0 aromatic carbocycles. The highest BCUT2D eigenvalue weighted by atomic mass is 16.5. The molecule has 2 saturated heterocycles. The topological polar surface area (TPSA) is 67.8 Å². The standard InChI is InChI=1S/C21H26N4O3/c1-16-4-2-6-18(23-16)21(26)25-10-13-28-19(15-24-8-11-27-12-9-24)20(25)17-5-3-7-22-14-17/h2-7,14,19-20H,8-13,15H2,1H3/t19-,20-/m0/s1. The molecule has 0 spiro atoms. The van der Waals surface area contributed by atoms with Crippen LogP contribution in [-0.4, -0.2) is 77.8 Å². The number of aryl methyl sites for hydroxylation is 1. The Morgan fingerprint density at radius 3 is 2.75 bits per heavy atom. The van der Waals surface area contributed by atoms with Gasteiger partial charge in [0.2, 0.25) is 0 Å². The SMILES string of the molecule is Cc1cccc(C(=O)N2CCO[C@@H](CN3CCOCC3)[C@@H]2c2cccnc2)n1. The van der Waals surface area contributed by atoms with Gasteiger partial charge in [0.1, 0.15) is 5.69 Å². The zero-order valence-corrected chi connectivity index (χ0v) is 16.2. The molecule has 4 heterocycles. The van der Waals surface area contributed by atoms with Crippen molar-refractivity contribution in [1.82, 2.24) is 19.8 Å². The maximum atomic E-state index is 13.3. The van der Waals surface area contributed by atoms with E-state index in [4.69, 9.17) is 9.47 Å². The number of aromatic nitrogens is 2. The predicted molar refractivity (Wildman–Crippen MR) is 104 cm³/mol. The molecule has 4 rings (SSSR count). The van der Waals surface area contributed by atoms with Crippen molar-refractivity contribution in [3.63, 3.8) is 0 Å². The van der Waals surface area contributed by atoms with Gasteiger partial charge in [0.05, 0.1) is 32.0 Å². The number of nitrogens with zero attached hydrogens (tertiary/aromatic N) is 4. The molecule has 0 aliphatic carbocycles. The minimum absolute atomic E-state index is 0.0622. The van der Waals surface area contributed by atoms with E-state index in [1.165, 1.54) is 0 Å². The number of carbonyl (C=O) groups is 1. The van der Waals surface area contributed by atoms with Crippen LogP contribution in [0.5, 0.6) is 0 Å². The number of hydrogen-bond acceptors (Lipinski definition) is 6. The molecule has 0 bridgehead atoms. The summed E-state index contributed by atoms with van der Waals surface area (Å²) in [6.45, 7) is 6.95. The van der Waals surface area contributed by atoms with Gasteiger partial charge in [-0.15, -0.1) is 0 Å². The molecular weight excluding hydrogens is 356 g/mol. The van der Waals surface area contributed by atoms with Gasteiger partial charge in [-0.1, -0.05) is 12.1 Å². The van der Waals surface area contributed by atoms with Crippen LogP contribution in [0.1, 0.15) is 27.8 Å². The van der Waals surface area contributed by atoms with Crippen LogP contribution in [0.25, 0.3) is 0 Å². The zero-order valence-electron chi connectivity index (χ0n) is 16.2. The summed E-state index contributed by atoms with van der Waals surface area (Å²) >= 11 is 0. The molecule has 2 aromatic heterocycles. The molecule has 7 nitrogen and oxygen atoms in total. The second kappa shape index (κ2) is 8.77. The summed E-state index contributed by atoms with van der Waals surface area (Å²) in [5.74, 6) is -0.0622. The summed E-state index contributed by atoms with van der Waals surface area (Å²) in [5.41, 5.74) is 2.30. The highest BCUT2D eigenvalue weighted by Gasteiger charge is 2.38. The minimum Gasteiger partial charge on any atom is -0.379 e. The Balaban J connectivity index is 1.62. The first-order chi connectivity index (χ1) is 13.7. The first kappa shape index (κ1) is 19.0. The minimum atomic E-state index is -0.194. The maximum absolute atomic E-state index is 13.3. The summed E-state index contributed by atoms with van der Waals surface area (Å²) in [5, 5.41) is 0. The van der Waals surface area contributed by atoms with Gasteiger partial charge in [-0.3, -0.25) is 14.7 Å². The smallest absolute Gasteiger partial charge is 0.273 e.